The number of hydrogen-bond acceptors (Lipinski definition) is 3. The van der Waals surface area contributed by atoms with Gasteiger partial charge in [0.25, 0.3) is 0 Å². The van der Waals surface area contributed by atoms with Crippen LogP contribution in [0.25, 0.3) is 0 Å². The summed E-state index contributed by atoms with van der Waals surface area (Å²) in [6.07, 6.45) is 1.96. The molecule has 0 atom stereocenters. The minimum atomic E-state index is 0.200. The standard InChI is InChI=1S/C11H16N2O/c1-9(2)14-11-6-4-5-10(7-11)8-13-12-3/h4-9,12H,1-3H3/b13-8+. The summed E-state index contributed by atoms with van der Waals surface area (Å²) in [5, 5.41) is 3.93. The van der Waals surface area contributed by atoms with Crippen LogP contribution < -0.4 is 10.2 Å². The fourth-order valence-electron chi connectivity index (χ4n) is 1.08. The third-order valence-electron chi connectivity index (χ3n) is 1.57. The summed E-state index contributed by atoms with van der Waals surface area (Å²) in [6.45, 7) is 4.02. The van der Waals surface area contributed by atoms with Gasteiger partial charge in [-0.3, -0.25) is 0 Å². The van der Waals surface area contributed by atoms with Crippen LogP contribution in [0.2, 0.25) is 0 Å². The molecule has 0 aliphatic carbocycles. The predicted octanol–water partition coefficient (Wildman–Crippen LogP) is 2.03. The Hall–Kier alpha value is -1.51. The van der Waals surface area contributed by atoms with Crippen LogP contribution in [0.1, 0.15) is 19.4 Å². The molecule has 0 fully saturated rings. The Morgan fingerprint density at radius 1 is 1.43 bits per heavy atom. The second-order valence-corrected chi connectivity index (χ2v) is 3.22. The number of rotatable bonds is 4. The fourth-order valence-corrected chi connectivity index (χ4v) is 1.08. The van der Waals surface area contributed by atoms with E-state index in [1.165, 1.54) is 0 Å². The normalized spacial score (nSPS) is 10.9. The van der Waals surface area contributed by atoms with Gasteiger partial charge < -0.3 is 10.2 Å². The van der Waals surface area contributed by atoms with Gasteiger partial charge in [0.1, 0.15) is 5.75 Å². The van der Waals surface area contributed by atoms with Crippen LogP contribution in [0.5, 0.6) is 5.75 Å². The largest absolute Gasteiger partial charge is 0.491 e. The van der Waals surface area contributed by atoms with Crippen molar-refractivity contribution in [2.45, 2.75) is 20.0 Å². The number of nitrogens with one attached hydrogen (secondary N) is 1. The first-order chi connectivity index (χ1) is 6.72. The smallest absolute Gasteiger partial charge is 0.120 e. The van der Waals surface area contributed by atoms with E-state index >= 15 is 0 Å². The second kappa shape index (κ2) is 5.27. The molecule has 1 aromatic carbocycles. The second-order valence-electron chi connectivity index (χ2n) is 3.22. The SMILES string of the molecule is CN/N=C/c1cccc(OC(C)C)c1. The van der Waals surface area contributed by atoms with Crippen molar-refractivity contribution in [3.63, 3.8) is 0 Å². The van der Waals surface area contributed by atoms with Gasteiger partial charge >= 0.3 is 0 Å². The lowest BCUT2D eigenvalue weighted by molar-refractivity contribution is 0.242. The van der Waals surface area contributed by atoms with Crippen LogP contribution >= 0.6 is 0 Å². The summed E-state index contributed by atoms with van der Waals surface area (Å²) in [5.41, 5.74) is 3.73. The molecule has 1 N–H and O–H groups in total. The van der Waals surface area contributed by atoms with Gasteiger partial charge in [-0.1, -0.05) is 12.1 Å². The lowest BCUT2D eigenvalue weighted by Crippen LogP contribution is -2.05. The topological polar surface area (TPSA) is 33.6 Å². The molecule has 0 saturated carbocycles. The third-order valence-corrected chi connectivity index (χ3v) is 1.57. The van der Waals surface area contributed by atoms with Crippen molar-refractivity contribution in [3.05, 3.63) is 29.8 Å². The first-order valence-electron chi connectivity index (χ1n) is 4.69. The number of nitrogens with zero attached hydrogens (tertiary/aromatic N) is 1. The minimum Gasteiger partial charge on any atom is -0.491 e. The van der Waals surface area contributed by atoms with Crippen LogP contribution in [-0.2, 0) is 0 Å². The molecule has 0 aliphatic heterocycles. The number of hydrazone groups is 1. The molecule has 1 rings (SSSR count). The lowest BCUT2D eigenvalue weighted by Gasteiger charge is -2.09. The highest BCUT2D eigenvalue weighted by Gasteiger charge is 1.97. The molecular formula is C11H16N2O. The Kier molecular flexibility index (Phi) is 3.98. The zero-order valence-electron chi connectivity index (χ0n) is 8.82. The molecule has 76 valence electrons. The van der Waals surface area contributed by atoms with Gasteiger partial charge in [0.15, 0.2) is 0 Å². The summed E-state index contributed by atoms with van der Waals surface area (Å²) >= 11 is 0. The van der Waals surface area contributed by atoms with Crippen molar-refractivity contribution in [1.29, 1.82) is 0 Å². The zero-order valence-corrected chi connectivity index (χ0v) is 8.82. The van der Waals surface area contributed by atoms with E-state index in [1.54, 1.807) is 13.3 Å². The Balaban J connectivity index is 2.73. The highest BCUT2D eigenvalue weighted by Crippen LogP contribution is 2.13. The Bertz CT molecular complexity index is 308. The van der Waals surface area contributed by atoms with E-state index in [0.717, 1.165) is 11.3 Å². The van der Waals surface area contributed by atoms with Crippen molar-refractivity contribution >= 4 is 6.21 Å². The van der Waals surface area contributed by atoms with E-state index < -0.39 is 0 Å². The average Bonchev–Trinajstić information content (AvgIpc) is 2.14. The quantitative estimate of drug-likeness (QED) is 0.585. The molecule has 0 aromatic heterocycles. The molecule has 0 spiro atoms. The van der Waals surface area contributed by atoms with Crippen molar-refractivity contribution < 1.29 is 4.74 Å². The van der Waals surface area contributed by atoms with Gasteiger partial charge in [-0.15, -0.1) is 0 Å². The van der Waals surface area contributed by atoms with Gasteiger partial charge in [-0.2, -0.15) is 5.10 Å². The van der Waals surface area contributed by atoms with Gasteiger partial charge in [-0.25, -0.2) is 0 Å². The van der Waals surface area contributed by atoms with Crippen LogP contribution in [0.15, 0.2) is 29.4 Å². The predicted molar refractivity (Wildman–Crippen MR) is 58.9 cm³/mol. The van der Waals surface area contributed by atoms with Gasteiger partial charge in [0, 0.05) is 7.05 Å². The molecule has 0 unspecified atom stereocenters. The molecule has 0 bridgehead atoms. The summed E-state index contributed by atoms with van der Waals surface area (Å²) in [7, 11) is 1.77. The summed E-state index contributed by atoms with van der Waals surface area (Å²) < 4.78 is 5.55. The Morgan fingerprint density at radius 3 is 2.86 bits per heavy atom. The van der Waals surface area contributed by atoms with E-state index in [9.17, 15) is 0 Å². The van der Waals surface area contributed by atoms with Crippen molar-refractivity contribution in [3.8, 4) is 5.75 Å². The molecule has 0 heterocycles. The monoisotopic (exact) mass is 192 g/mol. The number of hydrogen-bond donors (Lipinski definition) is 1. The van der Waals surface area contributed by atoms with Gasteiger partial charge in [0.2, 0.25) is 0 Å². The Labute approximate surface area is 84.8 Å². The molecule has 1 aromatic rings. The van der Waals surface area contributed by atoms with Crippen LogP contribution in [0.3, 0.4) is 0 Å². The molecular weight excluding hydrogens is 176 g/mol. The van der Waals surface area contributed by atoms with E-state index in [4.69, 9.17) is 4.74 Å². The maximum atomic E-state index is 5.55. The number of ether oxygens (including phenoxy) is 1. The highest BCUT2D eigenvalue weighted by atomic mass is 16.5. The van der Waals surface area contributed by atoms with Crippen molar-refractivity contribution in [2.24, 2.45) is 5.10 Å². The first-order valence-corrected chi connectivity index (χ1v) is 4.69. The Morgan fingerprint density at radius 2 is 2.21 bits per heavy atom. The van der Waals surface area contributed by atoms with Crippen molar-refractivity contribution in [1.82, 2.24) is 5.43 Å². The van der Waals surface area contributed by atoms with Crippen LogP contribution in [-0.4, -0.2) is 19.4 Å². The molecule has 0 radical (unpaired) electrons. The maximum Gasteiger partial charge on any atom is 0.120 e. The van der Waals surface area contributed by atoms with E-state index in [2.05, 4.69) is 10.5 Å². The van der Waals surface area contributed by atoms with Crippen molar-refractivity contribution in [2.75, 3.05) is 7.05 Å². The lowest BCUT2D eigenvalue weighted by atomic mass is 10.2. The van der Waals surface area contributed by atoms with E-state index in [-0.39, 0.29) is 6.10 Å². The number of benzene rings is 1. The zero-order chi connectivity index (χ0) is 10.4. The molecule has 0 aliphatic rings. The molecule has 14 heavy (non-hydrogen) atoms. The van der Waals surface area contributed by atoms with E-state index in [1.807, 2.05) is 38.1 Å². The van der Waals surface area contributed by atoms with Crippen LogP contribution in [0, 0.1) is 0 Å². The van der Waals surface area contributed by atoms with Gasteiger partial charge in [0.05, 0.1) is 12.3 Å². The summed E-state index contributed by atoms with van der Waals surface area (Å²) in [4.78, 5) is 0. The summed E-state index contributed by atoms with van der Waals surface area (Å²) in [5.74, 6) is 0.875. The first kappa shape index (κ1) is 10.6. The fraction of sp³-hybridized carbons (Fsp3) is 0.364. The molecule has 3 heteroatoms. The molecule has 0 amide bonds. The maximum absolute atomic E-state index is 5.55. The van der Waals surface area contributed by atoms with Crippen LogP contribution in [0.4, 0.5) is 0 Å². The third kappa shape index (κ3) is 3.47. The average molecular weight is 192 g/mol. The van der Waals surface area contributed by atoms with E-state index in [0.29, 0.717) is 0 Å². The highest BCUT2D eigenvalue weighted by molar-refractivity contribution is 5.79. The molecule has 0 saturated heterocycles. The minimum absolute atomic E-state index is 0.200. The molecule has 3 nitrogen and oxygen atoms in total. The van der Waals surface area contributed by atoms with Gasteiger partial charge in [-0.05, 0) is 31.5 Å². The summed E-state index contributed by atoms with van der Waals surface area (Å²) in [6, 6.07) is 7.83.